The third-order valence-electron chi connectivity index (χ3n) is 16.7. The molecule has 0 aliphatic rings. The lowest BCUT2D eigenvalue weighted by atomic mass is 9.92. The van der Waals surface area contributed by atoms with E-state index in [1.165, 1.54) is 24.3 Å². The summed E-state index contributed by atoms with van der Waals surface area (Å²) >= 11 is 0. The number of phenols is 4. The quantitative estimate of drug-likeness (QED) is 0.0340. The maximum Gasteiger partial charge on any atom is 0.217 e. The second-order valence-electron chi connectivity index (χ2n) is 23.9. The molecule has 0 fully saturated rings. The maximum absolute atomic E-state index is 14.4. The lowest BCUT2D eigenvalue weighted by Crippen LogP contribution is -2.11. The van der Waals surface area contributed by atoms with E-state index >= 15 is 0 Å². The Labute approximate surface area is 583 Å². The molecule has 0 bridgehead atoms. The van der Waals surface area contributed by atoms with Crippen molar-refractivity contribution >= 4 is 23.6 Å². The number of nitrogens with two attached hydrogens (primary N) is 4. The van der Waals surface area contributed by atoms with Crippen LogP contribution in [0.5, 0.6) is 23.0 Å². The number of hydrogen-bond acceptors (Lipinski definition) is 8. The molecule has 12 nitrogen and oxygen atoms in total. The van der Waals surface area contributed by atoms with Crippen LogP contribution in [-0.2, 0) is 44.9 Å². The molecule has 0 aliphatic heterocycles. The average molecular weight is 1360 g/mol. The lowest BCUT2D eigenvalue weighted by molar-refractivity contribution is -0.118. The Bertz CT molecular complexity index is 4880. The average Bonchev–Trinajstić information content (AvgIpc) is 0.813. The fraction of sp³-hybridized carbons (Fsp3) is 0.106. The molecule has 0 unspecified atom stereocenters. The zero-order chi connectivity index (χ0) is 72.1. The van der Waals surface area contributed by atoms with Gasteiger partial charge in [0.2, 0.25) is 23.6 Å². The predicted molar refractivity (Wildman–Crippen MR) is 391 cm³/mol. The van der Waals surface area contributed by atoms with E-state index in [0.717, 1.165) is 89.5 Å². The number of phenolic OH excluding ortho intramolecular Hbond substituents is 4. The first-order valence-corrected chi connectivity index (χ1v) is 32.4. The number of carbonyl (C=O) groups excluding carboxylic acids is 4. The van der Waals surface area contributed by atoms with E-state index in [0.29, 0.717) is 59.9 Å². The van der Waals surface area contributed by atoms with E-state index in [-0.39, 0.29) is 42.4 Å². The number of primary amides is 4. The summed E-state index contributed by atoms with van der Waals surface area (Å²) in [5, 5.41) is 38.8. The molecule has 0 spiro atoms. The standard InChI is InChI=1S/C22H21NO2.C21H17F2NO2.2C21H18FNO2/c1-15-11-19(14-20(24)12-15)21-9-7-17(16-5-3-2-4-6-16)13-18(21)8-10-22(23)25;22-18-10-9-17(20(23)21(18)26)16-8-6-14(13-4-2-1-3-5-13)12-15(16)7-11-19(24)25;22-21-18(7-4-8-19(21)24)17-11-9-15(14-5-2-1-3-6-14)13-16(17)10-12-20(23)25;22-19-10-7-17(13-20(19)24)18-9-6-15(14-4-2-1-3-5-14)12-16(18)8-11-21(23)25/h2-7,9,11-14,24H,8,10H2,1H3,(H2,23,25);1-6,8-10,12,26H,7,11H2,(H2,24,25);1-9,11,13,24H,10,12H2,(H2,23,25);1-7,9-10,12-13,24H,8,11H2,(H2,23,25). The summed E-state index contributed by atoms with van der Waals surface area (Å²) in [6.07, 6.45) is 2.54. The third kappa shape index (κ3) is 19.8. The zero-order valence-corrected chi connectivity index (χ0v) is 55.2. The van der Waals surface area contributed by atoms with Crippen molar-refractivity contribution < 1.29 is 57.2 Å². The first kappa shape index (κ1) is 72.7. The Balaban J connectivity index is 0.000000157. The number of amides is 4. The highest BCUT2D eigenvalue weighted by molar-refractivity contribution is 5.82. The van der Waals surface area contributed by atoms with Crippen LogP contribution < -0.4 is 22.9 Å². The molecule has 12 aromatic rings. The van der Waals surface area contributed by atoms with Crippen LogP contribution in [0, 0.1) is 30.2 Å². The van der Waals surface area contributed by atoms with Crippen molar-refractivity contribution in [2.24, 2.45) is 22.9 Å². The van der Waals surface area contributed by atoms with Gasteiger partial charge < -0.3 is 43.4 Å². The minimum Gasteiger partial charge on any atom is -0.508 e. The van der Waals surface area contributed by atoms with Gasteiger partial charge in [0.1, 0.15) is 5.75 Å². The number of rotatable bonds is 20. The smallest absolute Gasteiger partial charge is 0.217 e. The fourth-order valence-electron chi connectivity index (χ4n) is 11.6. The summed E-state index contributed by atoms with van der Waals surface area (Å²) in [5.41, 5.74) is 38.8. The maximum atomic E-state index is 14.4. The van der Waals surface area contributed by atoms with Crippen molar-refractivity contribution in [1.82, 2.24) is 0 Å². The molecule has 12 rings (SSSR count). The summed E-state index contributed by atoms with van der Waals surface area (Å²) in [6.45, 7) is 1.95. The van der Waals surface area contributed by atoms with Crippen LogP contribution in [0.25, 0.3) is 89.0 Å². The number of aromatic hydroxyl groups is 4. The monoisotopic (exact) mass is 1350 g/mol. The van der Waals surface area contributed by atoms with Gasteiger partial charge in [0, 0.05) is 36.8 Å². The van der Waals surface area contributed by atoms with Gasteiger partial charge in [-0.15, -0.1) is 0 Å². The molecule has 0 aromatic heterocycles. The Morgan fingerprint density at radius 1 is 0.287 bits per heavy atom. The largest absolute Gasteiger partial charge is 0.508 e. The van der Waals surface area contributed by atoms with Crippen molar-refractivity contribution in [2.75, 3.05) is 0 Å². The van der Waals surface area contributed by atoms with Crippen molar-refractivity contribution in [1.29, 1.82) is 0 Å². The van der Waals surface area contributed by atoms with Gasteiger partial charge in [0.05, 0.1) is 0 Å². The second kappa shape index (κ2) is 34.6. The van der Waals surface area contributed by atoms with E-state index in [1.54, 1.807) is 36.4 Å². The number of hydrogen-bond donors (Lipinski definition) is 8. The van der Waals surface area contributed by atoms with Crippen molar-refractivity contribution in [3.8, 4) is 112 Å². The molecule has 4 amide bonds. The Hall–Kier alpha value is -12.6. The number of aryl methyl sites for hydroxylation is 5. The molecule has 12 aromatic carbocycles. The van der Waals surface area contributed by atoms with Crippen LogP contribution in [0.15, 0.2) is 261 Å². The molecule has 101 heavy (non-hydrogen) atoms. The molecule has 0 radical (unpaired) electrons. The van der Waals surface area contributed by atoms with Crippen LogP contribution in [0.1, 0.15) is 53.5 Å². The molecule has 0 aliphatic carbocycles. The van der Waals surface area contributed by atoms with Crippen LogP contribution in [-0.4, -0.2) is 44.1 Å². The zero-order valence-electron chi connectivity index (χ0n) is 55.2. The van der Waals surface area contributed by atoms with E-state index in [2.05, 4.69) is 24.3 Å². The SMILES string of the molecule is Cc1cc(O)cc(-c2ccc(-c3ccccc3)cc2CCC(N)=O)c1.NC(=O)CCc1cc(-c2ccccc2)ccc1-c1ccc(F)c(O)c1.NC(=O)CCc1cc(-c2ccccc2)ccc1-c1ccc(F)c(O)c1F.NC(=O)CCc1cc(-c2ccccc2)ccc1-c1cccc(O)c1F. The highest BCUT2D eigenvalue weighted by atomic mass is 19.1. The van der Waals surface area contributed by atoms with Crippen molar-refractivity contribution in [3.63, 3.8) is 0 Å². The predicted octanol–water partition coefficient (Wildman–Crippen LogP) is 17.4. The third-order valence-corrected chi connectivity index (χ3v) is 16.7. The van der Waals surface area contributed by atoms with Gasteiger partial charge in [-0.3, -0.25) is 19.2 Å². The van der Waals surface area contributed by atoms with Gasteiger partial charge in [0.15, 0.2) is 40.5 Å². The molecule has 0 saturated carbocycles. The van der Waals surface area contributed by atoms with E-state index in [1.807, 2.05) is 177 Å². The molecule has 0 atom stereocenters. The Morgan fingerprint density at radius 3 is 1.00 bits per heavy atom. The normalized spacial score (nSPS) is 10.6. The van der Waals surface area contributed by atoms with Gasteiger partial charge in [-0.05, 0) is 181 Å². The minimum absolute atomic E-state index is 0.0722. The molecule has 510 valence electrons. The molecule has 0 heterocycles. The number of benzene rings is 12. The van der Waals surface area contributed by atoms with Crippen molar-refractivity contribution in [2.45, 2.75) is 58.3 Å². The topological polar surface area (TPSA) is 253 Å². The van der Waals surface area contributed by atoms with Crippen LogP contribution >= 0.6 is 0 Å². The summed E-state index contributed by atoms with van der Waals surface area (Å²) < 4.78 is 55.4. The highest BCUT2D eigenvalue weighted by Gasteiger charge is 2.20. The van der Waals surface area contributed by atoms with Gasteiger partial charge >= 0.3 is 0 Å². The van der Waals surface area contributed by atoms with Gasteiger partial charge in [-0.25, -0.2) is 17.6 Å². The molecule has 0 saturated heterocycles. The summed E-state index contributed by atoms with van der Waals surface area (Å²) in [4.78, 5) is 44.9. The Kier molecular flexibility index (Phi) is 24.9. The van der Waals surface area contributed by atoms with Gasteiger partial charge in [-0.2, -0.15) is 0 Å². The van der Waals surface area contributed by atoms with Gasteiger partial charge in [0.25, 0.3) is 0 Å². The van der Waals surface area contributed by atoms with E-state index < -0.39 is 52.3 Å². The summed E-state index contributed by atoms with van der Waals surface area (Å²) in [5.74, 6) is -6.53. The Morgan fingerprint density at radius 2 is 0.624 bits per heavy atom. The number of carbonyl (C=O) groups is 4. The van der Waals surface area contributed by atoms with Gasteiger partial charge in [-0.1, -0.05) is 218 Å². The van der Waals surface area contributed by atoms with Crippen LogP contribution in [0.2, 0.25) is 0 Å². The molecular formula is C85H74F4N4O8. The minimum atomic E-state index is -1.03. The first-order chi connectivity index (χ1) is 48.6. The summed E-state index contributed by atoms with van der Waals surface area (Å²) in [7, 11) is 0. The van der Waals surface area contributed by atoms with Crippen LogP contribution in [0.4, 0.5) is 17.6 Å². The summed E-state index contributed by atoms with van der Waals surface area (Å²) in [6, 6.07) is 79.1. The molecular weight excluding hydrogens is 1280 g/mol. The first-order valence-electron chi connectivity index (χ1n) is 32.4. The van der Waals surface area contributed by atoms with E-state index in [4.69, 9.17) is 22.9 Å². The fourth-order valence-corrected chi connectivity index (χ4v) is 11.6. The van der Waals surface area contributed by atoms with E-state index in [9.17, 15) is 57.2 Å². The lowest BCUT2D eigenvalue weighted by Gasteiger charge is -2.14. The molecule has 16 heteroatoms. The molecule has 12 N–H and O–H groups in total. The van der Waals surface area contributed by atoms with Crippen molar-refractivity contribution in [3.05, 3.63) is 312 Å². The van der Waals surface area contributed by atoms with Crippen LogP contribution in [0.3, 0.4) is 0 Å². The second-order valence-corrected chi connectivity index (χ2v) is 23.9. The number of halogens is 4. The highest BCUT2D eigenvalue weighted by Crippen LogP contribution is 2.39.